The standard InChI is InChI=1S/C18H32O2/c1-2-3-8-13-18(14-9-5-10-15-18)17(19)20-16-11-6-4-7-12-16/h16H,2-15H2,1H3. The van der Waals surface area contributed by atoms with E-state index in [0.29, 0.717) is 0 Å². The molecule has 0 heterocycles. The average Bonchev–Trinajstić information content (AvgIpc) is 2.49. The van der Waals surface area contributed by atoms with Crippen molar-refractivity contribution in [1.82, 2.24) is 0 Å². The van der Waals surface area contributed by atoms with Gasteiger partial charge in [-0.05, 0) is 44.9 Å². The Balaban J connectivity index is 1.91. The van der Waals surface area contributed by atoms with Gasteiger partial charge in [0.2, 0.25) is 0 Å². The highest BCUT2D eigenvalue weighted by atomic mass is 16.5. The van der Waals surface area contributed by atoms with Crippen molar-refractivity contribution in [2.75, 3.05) is 0 Å². The van der Waals surface area contributed by atoms with Crippen LogP contribution in [0.3, 0.4) is 0 Å². The molecule has 116 valence electrons. The van der Waals surface area contributed by atoms with E-state index in [1.54, 1.807) is 0 Å². The van der Waals surface area contributed by atoms with Crippen molar-refractivity contribution < 1.29 is 9.53 Å². The molecule has 0 bridgehead atoms. The second-order valence-electron chi connectivity index (χ2n) is 6.96. The lowest BCUT2D eigenvalue weighted by Gasteiger charge is -2.37. The highest BCUT2D eigenvalue weighted by Crippen LogP contribution is 2.42. The molecule has 2 nitrogen and oxygen atoms in total. The quantitative estimate of drug-likeness (QED) is 0.481. The minimum absolute atomic E-state index is 0.120. The lowest BCUT2D eigenvalue weighted by atomic mass is 9.71. The van der Waals surface area contributed by atoms with E-state index in [4.69, 9.17) is 4.74 Å². The van der Waals surface area contributed by atoms with E-state index in [0.717, 1.165) is 32.1 Å². The highest BCUT2D eigenvalue weighted by Gasteiger charge is 2.41. The Labute approximate surface area is 124 Å². The maximum atomic E-state index is 12.8. The highest BCUT2D eigenvalue weighted by molar-refractivity contribution is 5.77. The smallest absolute Gasteiger partial charge is 0.312 e. The molecule has 0 spiro atoms. The lowest BCUT2D eigenvalue weighted by molar-refractivity contribution is -0.166. The van der Waals surface area contributed by atoms with Crippen molar-refractivity contribution in [2.45, 2.75) is 103 Å². The van der Waals surface area contributed by atoms with Gasteiger partial charge in [-0.2, -0.15) is 0 Å². The average molecular weight is 280 g/mol. The molecule has 2 fully saturated rings. The molecular formula is C18H32O2. The number of esters is 1. The minimum Gasteiger partial charge on any atom is -0.462 e. The van der Waals surface area contributed by atoms with Crippen LogP contribution in [0.4, 0.5) is 0 Å². The third kappa shape index (κ3) is 4.23. The van der Waals surface area contributed by atoms with Crippen molar-refractivity contribution in [1.29, 1.82) is 0 Å². The number of carbonyl (C=O) groups excluding carboxylic acids is 1. The van der Waals surface area contributed by atoms with E-state index in [1.807, 2.05) is 0 Å². The van der Waals surface area contributed by atoms with Crippen LogP contribution in [0.15, 0.2) is 0 Å². The first-order chi connectivity index (χ1) is 9.77. The monoisotopic (exact) mass is 280 g/mol. The zero-order valence-electron chi connectivity index (χ0n) is 13.3. The van der Waals surface area contributed by atoms with Crippen molar-refractivity contribution in [3.05, 3.63) is 0 Å². The first kappa shape index (κ1) is 15.9. The maximum absolute atomic E-state index is 12.8. The fraction of sp³-hybridized carbons (Fsp3) is 0.944. The normalized spacial score (nSPS) is 23.4. The molecule has 0 aromatic rings. The molecule has 0 radical (unpaired) electrons. The minimum atomic E-state index is -0.120. The van der Waals surface area contributed by atoms with E-state index in [1.165, 1.54) is 57.8 Å². The summed E-state index contributed by atoms with van der Waals surface area (Å²) in [6.45, 7) is 2.23. The lowest BCUT2D eigenvalue weighted by Crippen LogP contribution is -2.37. The Hall–Kier alpha value is -0.530. The summed E-state index contributed by atoms with van der Waals surface area (Å²) in [5, 5.41) is 0. The van der Waals surface area contributed by atoms with E-state index in [-0.39, 0.29) is 17.5 Å². The molecule has 0 atom stereocenters. The topological polar surface area (TPSA) is 26.3 Å². The zero-order valence-corrected chi connectivity index (χ0v) is 13.3. The molecule has 2 aliphatic carbocycles. The first-order valence-corrected chi connectivity index (χ1v) is 8.98. The Morgan fingerprint density at radius 3 is 2.30 bits per heavy atom. The van der Waals surface area contributed by atoms with Crippen LogP contribution in [0.1, 0.15) is 96.8 Å². The summed E-state index contributed by atoms with van der Waals surface area (Å²) in [4.78, 5) is 12.8. The second kappa shape index (κ2) is 8.05. The molecule has 2 heteroatoms. The number of carbonyl (C=O) groups is 1. The molecule has 20 heavy (non-hydrogen) atoms. The van der Waals surface area contributed by atoms with Gasteiger partial charge in [-0.25, -0.2) is 0 Å². The van der Waals surface area contributed by atoms with E-state index >= 15 is 0 Å². The SMILES string of the molecule is CCCCCC1(C(=O)OC2CCCCC2)CCCCC1. The van der Waals surface area contributed by atoms with Crippen LogP contribution in [0, 0.1) is 5.41 Å². The van der Waals surface area contributed by atoms with Gasteiger partial charge < -0.3 is 4.74 Å². The number of rotatable bonds is 6. The first-order valence-electron chi connectivity index (χ1n) is 8.98. The molecule has 2 rings (SSSR count). The van der Waals surface area contributed by atoms with Crippen LogP contribution < -0.4 is 0 Å². The summed E-state index contributed by atoms with van der Waals surface area (Å²) in [5.41, 5.74) is -0.120. The van der Waals surface area contributed by atoms with E-state index in [2.05, 4.69) is 6.92 Å². The van der Waals surface area contributed by atoms with Gasteiger partial charge in [-0.3, -0.25) is 4.79 Å². The number of hydrogen-bond donors (Lipinski definition) is 0. The molecule has 0 saturated heterocycles. The summed E-state index contributed by atoms with van der Waals surface area (Å²) < 4.78 is 5.93. The van der Waals surface area contributed by atoms with Gasteiger partial charge in [-0.1, -0.05) is 51.9 Å². The van der Waals surface area contributed by atoms with Gasteiger partial charge in [0.1, 0.15) is 6.10 Å². The van der Waals surface area contributed by atoms with Gasteiger partial charge in [0.25, 0.3) is 0 Å². The largest absolute Gasteiger partial charge is 0.462 e. The Bertz CT molecular complexity index is 286. The molecule has 0 unspecified atom stereocenters. The molecular weight excluding hydrogens is 248 g/mol. The fourth-order valence-electron chi connectivity index (χ4n) is 3.96. The van der Waals surface area contributed by atoms with Crippen LogP contribution in [0.25, 0.3) is 0 Å². The van der Waals surface area contributed by atoms with Crippen LogP contribution in [0.5, 0.6) is 0 Å². The molecule has 0 aromatic heterocycles. The summed E-state index contributed by atoms with van der Waals surface area (Å²) in [6, 6.07) is 0. The molecule has 0 aliphatic heterocycles. The Morgan fingerprint density at radius 1 is 1.00 bits per heavy atom. The predicted molar refractivity (Wildman–Crippen MR) is 82.6 cm³/mol. The number of hydrogen-bond acceptors (Lipinski definition) is 2. The predicted octanol–water partition coefficient (Wildman–Crippen LogP) is 5.39. The van der Waals surface area contributed by atoms with Crippen molar-refractivity contribution >= 4 is 5.97 Å². The number of unbranched alkanes of at least 4 members (excludes halogenated alkanes) is 2. The van der Waals surface area contributed by atoms with Gasteiger partial charge in [-0.15, -0.1) is 0 Å². The van der Waals surface area contributed by atoms with Gasteiger partial charge in [0.05, 0.1) is 5.41 Å². The molecule has 0 aromatic carbocycles. The van der Waals surface area contributed by atoms with Gasteiger partial charge in [0, 0.05) is 0 Å². The molecule has 0 amide bonds. The van der Waals surface area contributed by atoms with Crippen LogP contribution in [-0.2, 0) is 9.53 Å². The van der Waals surface area contributed by atoms with Gasteiger partial charge >= 0.3 is 5.97 Å². The Morgan fingerprint density at radius 2 is 1.65 bits per heavy atom. The third-order valence-electron chi connectivity index (χ3n) is 5.33. The van der Waals surface area contributed by atoms with Crippen LogP contribution >= 0.6 is 0 Å². The summed E-state index contributed by atoms with van der Waals surface area (Å²) in [7, 11) is 0. The van der Waals surface area contributed by atoms with Crippen molar-refractivity contribution in [3.63, 3.8) is 0 Å². The fourth-order valence-corrected chi connectivity index (χ4v) is 3.96. The molecule has 0 N–H and O–H groups in total. The van der Waals surface area contributed by atoms with Crippen LogP contribution in [0.2, 0.25) is 0 Å². The number of ether oxygens (including phenoxy) is 1. The van der Waals surface area contributed by atoms with Crippen molar-refractivity contribution in [2.24, 2.45) is 5.41 Å². The van der Waals surface area contributed by atoms with E-state index < -0.39 is 0 Å². The third-order valence-corrected chi connectivity index (χ3v) is 5.33. The van der Waals surface area contributed by atoms with Crippen molar-refractivity contribution in [3.8, 4) is 0 Å². The zero-order chi connectivity index (χ0) is 14.3. The molecule has 2 aliphatic rings. The summed E-state index contributed by atoms with van der Waals surface area (Å²) in [6.07, 6.45) is 16.8. The van der Waals surface area contributed by atoms with Gasteiger partial charge in [0.15, 0.2) is 0 Å². The maximum Gasteiger partial charge on any atom is 0.312 e. The van der Waals surface area contributed by atoms with Crippen LogP contribution in [-0.4, -0.2) is 12.1 Å². The summed E-state index contributed by atoms with van der Waals surface area (Å²) in [5.74, 6) is 0.153. The van der Waals surface area contributed by atoms with E-state index in [9.17, 15) is 4.79 Å². The second-order valence-corrected chi connectivity index (χ2v) is 6.96. The molecule has 2 saturated carbocycles. The summed E-state index contributed by atoms with van der Waals surface area (Å²) >= 11 is 0. The Kier molecular flexibility index (Phi) is 6.38.